The van der Waals surface area contributed by atoms with Crippen LogP contribution in [0.15, 0.2) is 12.2 Å². The van der Waals surface area contributed by atoms with Gasteiger partial charge in [0.2, 0.25) is 0 Å². The standard InChI is InChI=1S/C24H46O2/c1-3-4-5-6-7-8-9-10-11-12-13-14-15-16-17-18-19-20-21-22-23(2)24(25)26/h8-9,23H,3-7,10-22H2,1-2H3,(H,25,26). The van der Waals surface area contributed by atoms with Gasteiger partial charge in [0.1, 0.15) is 0 Å². The van der Waals surface area contributed by atoms with Crippen LogP contribution < -0.4 is 0 Å². The van der Waals surface area contributed by atoms with Gasteiger partial charge in [-0.15, -0.1) is 0 Å². The summed E-state index contributed by atoms with van der Waals surface area (Å²) in [5, 5.41) is 8.83. The summed E-state index contributed by atoms with van der Waals surface area (Å²) in [5.41, 5.74) is 0. The van der Waals surface area contributed by atoms with E-state index in [4.69, 9.17) is 5.11 Å². The molecule has 1 N–H and O–H groups in total. The topological polar surface area (TPSA) is 37.3 Å². The van der Waals surface area contributed by atoms with Crippen LogP contribution in [0.2, 0.25) is 0 Å². The molecule has 0 aliphatic carbocycles. The maximum atomic E-state index is 10.7. The van der Waals surface area contributed by atoms with Crippen molar-refractivity contribution in [1.82, 2.24) is 0 Å². The fourth-order valence-electron chi connectivity index (χ4n) is 3.35. The van der Waals surface area contributed by atoms with E-state index in [1.54, 1.807) is 0 Å². The average molecular weight is 367 g/mol. The lowest BCUT2D eigenvalue weighted by Gasteiger charge is -2.05. The first-order valence-corrected chi connectivity index (χ1v) is 11.6. The zero-order valence-corrected chi connectivity index (χ0v) is 17.8. The summed E-state index contributed by atoms with van der Waals surface area (Å²) < 4.78 is 0. The van der Waals surface area contributed by atoms with Crippen molar-refractivity contribution in [2.75, 3.05) is 0 Å². The number of carboxylic acid groups (broad SMARTS) is 1. The van der Waals surface area contributed by atoms with E-state index in [1.807, 2.05) is 6.92 Å². The van der Waals surface area contributed by atoms with E-state index in [-0.39, 0.29) is 5.92 Å². The first-order valence-electron chi connectivity index (χ1n) is 11.6. The largest absolute Gasteiger partial charge is 0.481 e. The Morgan fingerprint density at radius 1 is 0.692 bits per heavy atom. The molecule has 0 spiro atoms. The Morgan fingerprint density at radius 3 is 1.50 bits per heavy atom. The molecule has 0 rings (SSSR count). The predicted octanol–water partition coefficient (Wildman–Crippen LogP) is 8.31. The second-order valence-corrected chi connectivity index (χ2v) is 8.03. The Hall–Kier alpha value is -0.790. The van der Waals surface area contributed by atoms with Crippen molar-refractivity contribution in [1.29, 1.82) is 0 Å². The molecule has 0 bridgehead atoms. The second kappa shape index (κ2) is 20.5. The van der Waals surface area contributed by atoms with Crippen LogP contribution in [0, 0.1) is 5.92 Å². The van der Waals surface area contributed by atoms with Gasteiger partial charge in [-0.1, -0.05) is 109 Å². The van der Waals surface area contributed by atoms with Crippen LogP contribution in [0.3, 0.4) is 0 Å². The molecule has 0 saturated carbocycles. The van der Waals surface area contributed by atoms with Crippen molar-refractivity contribution < 1.29 is 9.90 Å². The van der Waals surface area contributed by atoms with Crippen LogP contribution in [-0.2, 0) is 4.79 Å². The molecule has 0 amide bonds. The molecule has 0 heterocycles. The number of carboxylic acids is 1. The van der Waals surface area contributed by atoms with Crippen molar-refractivity contribution in [2.24, 2.45) is 5.92 Å². The minimum atomic E-state index is -0.650. The van der Waals surface area contributed by atoms with Gasteiger partial charge in [0.25, 0.3) is 0 Å². The van der Waals surface area contributed by atoms with Crippen LogP contribution in [0.4, 0.5) is 0 Å². The van der Waals surface area contributed by atoms with Crippen LogP contribution in [-0.4, -0.2) is 11.1 Å². The summed E-state index contributed by atoms with van der Waals surface area (Å²) in [6, 6.07) is 0. The average Bonchev–Trinajstić information content (AvgIpc) is 2.63. The minimum Gasteiger partial charge on any atom is -0.481 e. The lowest BCUT2D eigenvalue weighted by molar-refractivity contribution is -0.141. The first kappa shape index (κ1) is 25.2. The maximum absolute atomic E-state index is 10.7. The first-order chi connectivity index (χ1) is 12.7. The highest BCUT2D eigenvalue weighted by Gasteiger charge is 2.09. The van der Waals surface area contributed by atoms with Gasteiger partial charge in [0, 0.05) is 0 Å². The van der Waals surface area contributed by atoms with Crippen molar-refractivity contribution in [2.45, 2.75) is 129 Å². The second-order valence-electron chi connectivity index (χ2n) is 8.03. The lowest BCUT2D eigenvalue weighted by Crippen LogP contribution is -2.08. The molecule has 0 fully saturated rings. The van der Waals surface area contributed by atoms with E-state index in [2.05, 4.69) is 19.1 Å². The van der Waals surface area contributed by atoms with E-state index in [9.17, 15) is 4.79 Å². The molecule has 1 unspecified atom stereocenters. The third kappa shape index (κ3) is 19.5. The monoisotopic (exact) mass is 366 g/mol. The summed E-state index contributed by atoms with van der Waals surface area (Å²) in [6.45, 7) is 4.08. The Labute approximate surface area is 163 Å². The molecule has 0 aromatic carbocycles. The summed E-state index contributed by atoms with van der Waals surface area (Å²) in [5.74, 6) is -0.820. The third-order valence-corrected chi connectivity index (χ3v) is 5.32. The Morgan fingerprint density at radius 2 is 1.08 bits per heavy atom. The number of rotatable bonds is 20. The van der Waals surface area contributed by atoms with Gasteiger partial charge < -0.3 is 5.11 Å². The number of aliphatic carboxylic acids is 1. The van der Waals surface area contributed by atoms with Gasteiger partial charge in [0.05, 0.1) is 5.92 Å². The molecule has 0 saturated heterocycles. The highest BCUT2D eigenvalue weighted by molar-refractivity contribution is 5.69. The molecule has 0 radical (unpaired) electrons. The maximum Gasteiger partial charge on any atom is 0.306 e. The Bertz CT molecular complexity index is 322. The van der Waals surface area contributed by atoms with E-state index < -0.39 is 5.97 Å². The zero-order valence-electron chi connectivity index (χ0n) is 17.8. The number of carbonyl (C=O) groups is 1. The van der Waals surface area contributed by atoms with Gasteiger partial charge in [-0.05, 0) is 32.1 Å². The quantitative estimate of drug-likeness (QED) is 0.174. The molecule has 1 atom stereocenters. The van der Waals surface area contributed by atoms with E-state index in [1.165, 1.54) is 103 Å². The number of unbranched alkanes of at least 4 members (excludes halogenated alkanes) is 15. The lowest BCUT2D eigenvalue weighted by atomic mass is 10.0. The van der Waals surface area contributed by atoms with Crippen LogP contribution in [0.1, 0.15) is 129 Å². The Kier molecular flexibility index (Phi) is 19.9. The van der Waals surface area contributed by atoms with Crippen molar-refractivity contribution in [3.05, 3.63) is 12.2 Å². The van der Waals surface area contributed by atoms with Gasteiger partial charge in [-0.3, -0.25) is 4.79 Å². The minimum absolute atomic E-state index is 0.170. The molecule has 26 heavy (non-hydrogen) atoms. The molecule has 2 heteroatoms. The van der Waals surface area contributed by atoms with Crippen molar-refractivity contribution in [3.8, 4) is 0 Å². The molecule has 2 nitrogen and oxygen atoms in total. The molecule has 0 aromatic rings. The summed E-state index contributed by atoms with van der Waals surface area (Å²) >= 11 is 0. The van der Waals surface area contributed by atoms with E-state index >= 15 is 0 Å². The third-order valence-electron chi connectivity index (χ3n) is 5.32. The van der Waals surface area contributed by atoms with E-state index in [0.717, 1.165) is 12.8 Å². The van der Waals surface area contributed by atoms with Crippen LogP contribution in [0.25, 0.3) is 0 Å². The fourth-order valence-corrected chi connectivity index (χ4v) is 3.35. The number of hydrogen-bond acceptors (Lipinski definition) is 1. The molecule has 0 aliphatic rings. The highest BCUT2D eigenvalue weighted by atomic mass is 16.4. The molecule has 0 aromatic heterocycles. The predicted molar refractivity (Wildman–Crippen MR) is 115 cm³/mol. The molecule has 0 aliphatic heterocycles. The van der Waals surface area contributed by atoms with Crippen molar-refractivity contribution >= 4 is 5.97 Å². The van der Waals surface area contributed by atoms with Crippen LogP contribution >= 0.6 is 0 Å². The van der Waals surface area contributed by atoms with Gasteiger partial charge in [0.15, 0.2) is 0 Å². The normalized spacial score (nSPS) is 12.7. The number of hydrogen-bond donors (Lipinski definition) is 1. The molecular weight excluding hydrogens is 320 g/mol. The molecular formula is C24H46O2. The fraction of sp³-hybridized carbons (Fsp3) is 0.875. The van der Waals surface area contributed by atoms with E-state index in [0.29, 0.717) is 0 Å². The molecule has 154 valence electrons. The SMILES string of the molecule is CCCCCCC=CCCCCCCCCCCCCCC(C)C(=O)O. The zero-order chi connectivity index (χ0) is 19.3. The summed E-state index contributed by atoms with van der Waals surface area (Å²) in [4.78, 5) is 10.7. The van der Waals surface area contributed by atoms with Gasteiger partial charge >= 0.3 is 5.97 Å². The van der Waals surface area contributed by atoms with Crippen molar-refractivity contribution in [3.63, 3.8) is 0 Å². The smallest absolute Gasteiger partial charge is 0.306 e. The van der Waals surface area contributed by atoms with Gasteiger partial charge in [-0.25, -0.2) is 0 Å². The van der Waals surface area contributed by atoms with Gasteiger partial charge in [-0.2, -0.15) is 0 Å². The Balaban J connectivity index is 3.11. The summed E-state index contributed by atoms with van der Waals surface area (Å²) in [7, 11) is 0. The number of allylic oxidation sites excluding steroid dienone is 2. The highest BCUT2D eigenvalue weighted by Crippen LogP contribution is 2.14. The summed E-state index contributed by atoms with van der Waals surface area (Å²) in [6.07, 6.45) is 28.2. The van der Waals surface area contributed by atoms with Crippen LogP contribution in [0.5, 0.6) is 0 Å².